The van der Waals surface area contributed by atoms with Crippen LogP contribution in [0.4, 0.5) is 0 Å². The maximum atomic E-state index is 5.54. The van der Waals surface area contributed by atoms with Crippen LogP contribution < -0.4 is 0 Å². The van der Waals surface area contributed by atoms with E-state index in [1.54, 1.807) is 0 Å². The van der Waals surface area contributed by atoms with Gasteiger partial charge in [0.15, 0.2) is 5.82 Å². The Morgan fingerprint density at radius 3 is 1.94 bits per heavy atom. The zero-order valence-electron chi connectivity index (χ0n) is 26.8. The van der Waals surface area contributed by atoms with Crippen molar-refractivity contribution in [2.75, 3.05) is 0 Å². The highest BCUT2D eigenvalue weighted by Crippen LogP contribution is 2.47. The Kier molecular flexibility index (Phi) is 4.94. The third kappa shape index (κ3) is 3.25. The molecule has 0 aliphatic rings. The topological polar surface area (TPSA) is 35.1 Å². The number of aromatic nitrogens is 4. The summed E-state index contributed by atoms with van der Waals surface area (Å²) in [5, 5.41) is 12.2. The molecule has 0 amide bonds. The fourth-order valence-corrected chi connectivity index (χ4v) is 8.73. The van der Waals surface area contributed by atoms with Crippen LogP contribution in [0.1, 0.15) is 0 Å². The Balaban J connectivity index is 1.38. The maximum Gasteiger partial charge on any atom is 0.165 e. The van der Waals surface area contributed by atoms with Gasteiger partial charge in [-0.3, -0.25) is 4.57 Å². The molecule has 12 aromatic rings. The summed E-state index contributed by atoms with van der Waals surface area (Å²) in [5.74, 6) is 0.828. The first-order valence-electron chi connectivity index (χ1n) is 17.1. The first kappa shape index (κ1) is 26.2. The lowest BCUT2D eigenvalue weighted by molar-refractivity contribution is 1.08. The normalized spacial score (nSPS) is 12.4. The number of rotatable bonds is 2. The van der Waals surface area contributed by atoms with Crippen LogP contribution in [0.2, 0.25) is 0 Å². The van der Waals surface area contributed by atoms with Crippen molar-refractivity contribution in [2.24, 2.45) is 0 Å². The second-order valence-electron chi connectivity index (χ2n) is 13.3. The van der Waals surface area contributed by atoms with Gasteiger partial charge < -0.3 is 4.40 Å². The predicted octanol–water partition coefficient (Wildman–Crippen LogP) is 11.9. The van der Waals surface area contributed by atoms with Gasteiger partial charge in [-0.1, -0.05) is 133 Å². The van der Waals surface area contributed by atoms with Crippen molar-refractivity contribution in [3.8, 4) is 17.1 Å². The van der Waals surface area contributed by atoms with Crippen LogP contribution in [0.5, 0.6) is 0 Å². The maximum absolute atomic E-state index is 5.54. The second kappa shape index (κ2) is 9.43. The van der Waals surface area contributed by atoms with E-state index in [0.29, 0.717) is 0 Å². The molecule has 0 saturated heterocycles. The Hall–Kier alpha value is -6.78. The smallest absolute Gasteiger partial charge is 0.165 e. The molecular formula is C46H26N4. The van der Waals surface area contributed by atoms with Gasteiger partial charge in [-0.25, -0.2) is 9.97 Å². The first-order chi connectivity index (χ1) is 24.8. The van der Waals surface area contributed by atoms with Crippen molar-refractivity contribution in [1.82, 2.24) is 18.9 Å². The van der Waals surface area contributed by atoms with Gasteiger partial charge in [0.2, 0.25) is 0 Å². The summed E-state index contributed by atoms with van der Waals surface area (Å²) in [5.41, 5.74) is 9.60. The second-order valence-corrected chi connectivity index (χ2v) is 13.3. The molecule has 8 aromatic carbocycles. The molecule has 4 heteroatoms. The molecular weight excluding hydrogens is 609 g/mol. The van der Waals surface area contributed by atoms with Crippen molar-refractivity contribution < 1.29 is 0 Å². The highest BCUT2D eigenvalue weighted by atomic mass is 15.1. The van der Waals surface area contributed by atoms with Crippen molar-refractivity contribution >= 4 is 92.5 Å². The van der Waals surface area contributed by atoms with Gasteiger partial charge in [0.1, 0.15) is 5.69 Å². The standard InChI is InChI=1S/C46H26N4/c1-2-13-28(14-3-1)42-46(47-36-25-24-27-12-4-6-16-30(27)43(36)48-42)49-38-23-11-19-33-35-21-10-20-34-32-18-8-9-22-37(32)50(44(34)35)45-31-17-7-5-15-29(31)26-39(49)41(45)40(33)38/h1-26H. The number of fused-ring (bicyclic) bond motifs is 10. The molecule has 4 nitrogen and oxygen atoms in total. The largest absolute Gasteiger partial charge is 0.307 e. The lowest BCUT2D eigenvalue weighted by atomic mass is 10.0. The molecule has 0 fully saturated rings. The van der Waals surface area contributed by atoms with Crippen molar-refractivity contribution in [1.29, 1.82) is 0 Å². The van der Waals surface area contributed by atoms with E-state index in [1.807, 2.05) is 0 Å². The van der Waals surface area contributed by atoms with E-state index in [0.717, 1.165) is 49.9 Å². The molecule has 230 valence electrons. The zero-order chi connectivity index (χ0) is 32.5. The molecule has 50 heavy (non-hydrogen) atoms. The molecule has 4 aromatic heterocycles. The van der Waals surface area contributed by atoms with Gasteiger partial charge in [0.25, 0.3) is 0 Å². The van der Waals surface area contributed by atoms with Crippen molar-refractivity contribution in [3.63, 3.8) is 0 Å². The minimum absolute atomic E-state index is 0.828. The van der Waals surface area contributed by atoms with E-state index in [4.69, 9.17) is 9.97 Å². The number of benzene rings is 8. The van der Waals surface area contributed by atoms with Gasteiger partial charge in [-0.2, -0.15) is 0 Å². The third-order valence-corrected chi connectivity index (χ3v) is 10.8. The number of nitrogens with zero attached hydrogens (tertiary/aromatic N) is 4. The van der Waals surface area contributed by atoms with Crippen LogP contribution in [0.25, 0.3) is 110 Å². The first-order valence-corrected chi connectivity index (χ1v) is 17.1. The molecule has 0 bridgehead atoms. The molecule has 0 aliphatic carbocycles. The van der Waals surface area contributed by atoms with Crippen LogP contribution in [-0.2, 0) is 0 Å². The van der Waals surface area contributed by atoms with E-state index in [9.17, 15) is 0 Å². The Morgan fingerprint density at radius 2 is 1.06 bits per heavy atom. The van der Waals surface area contributed by atoms with Gasteiger partial charge in [0.05, 0.1) is 38.6 Å². The SMILES string of the molecule is c1ccc(-c2nc3c(ccc4ccccc43)nc2-n2c3cccc4c5cccc6c7ccccc7n(c56)c5c6ccccc6cc2c5c43)cc1. The molecule has 0 radical (unpaired) electrons. The van der Waals surface area contributed by atoms with Crippen LogP contribution in [0.15, 0.2) is 158 Å². The van der Waals surface area contributed by atoms with E-state index >= 15 is 0 Å². The van der Waals surface area contributed by atoms with Gasteiger partial charge in [-0.15, -0.1) is 0 Å². The Labute approximate surface area is 285 Å². The predicted molar refractivity (Wildman–Crippen MR) is 209 cm³/mol. The summed E-state index contributed by atoms with van der Waals surface area (Å²) in [4.78, 5) is 11.0. The number of hydrogen-bond acceptors (Lipinski definition) is 2. The third-order valence-electron chi connectivity index (χ3n) is 10.8. The van der Waals surface area contributed by atoms with Gasteiger partial charge in [0, 0.05) is 43.3 Å². The summed E-state index contributed by atoms with van der Waals surface area (Å²) in [6.45, 7) is 0. The van der Waals surface area contributed by atoms with Gasteiger partial charge >= 0.3 is 0 Å². The van der Waals surface area contributed by atoms with E-state index in [2.05, 4.69) is 167 Å². The monoisotopic (exact) mass is 634 g/mol. The van der Waals surface area contributed by atoms with Crippen LogP contribution in [0, 0.1) is 0 Å². The molecule has 0 N–H and O–H groups in total. The molecule has 4 heterocycles. The molecule has 0 spiro atoms. The summed E-state index contributed by atoms with van der Waals surface area (Å²) < 4.78 is 4.91. The van der Waals surface area contributed by atoms with Crippen LogP contribution >= 0.6 is 0 Å². The van der Waals surface area contributed by atoms with Gasteiger partial charge in [-0.05, 0) is 40.4 Å². The molecule has 0 unspecified atom stereocenters. The van der Waals surface area contributed by atoms with E-state index < -0.39 is 0 Å². The molecule has 0 aliphatic heterocycles. The highest BCUT2D eigenvalue weighted by Gasteiger charge is 2.26. The quantitative estimate of drug-likeness (QED) is 0.177. The zero-order valence-corrected chi connectivity index (χ0v) is 26.8. The Morgan fingerprint density at radius 1 is 0.400 bits per heavy atom. The number of hydrogen-bond donors (Lipinski definition) is 0. The average Bonchev–Trinajstić information content (AvgIpc) is 3.64. The summed E-state index contributed by atoms with van der Waals surface area (Å²) in [7, 11) is 0. The lowest BCUT2D eigenvalue weighted by Gasteiger charge is -2.15. The summed E-state index contributed by atoms with van der Waals surface area (Å²) in [6.07, 6.45) is 0. The summed E-state index contributed by atoms with van der Waals surface area (Å²) in [6, 6.07) is 56.8. The fraction of sp³-hybridized carbons (Fsp3) is 0. The number of para-hydroxylation sites is 2. The molecule has 0 saturated carbocycles. The van der Waals surface area contributed by atoms with Crippen molar-refractivity contribution in [2.45, 2.75) is 0 Å². The fourth-order valence-electron chi connectivity index (χ4n) is 8.73. The molecule has 0 atom stereocenters. The van der Waals surface area contributed by atoms with Crippen LogP contribution in [0.3, 0.4) is 0 Å². The van der Waals surface area contributed by atoms with E-state index in [-0.39, 0.29) is 0 Å². The highest BCUT2D eigenvalue weighted by molar-refractivity contribution is 6.34. The van der Waals surface area contributed by atoms with E-state index in [1.165, 1.54) is 59.6 Å². The average molecular weight is 635 g/mol. The van der Waals surface area contributed by atoms with Crippen molar-refractivity contribution in [3.05, 3.63) is 158 Å². The minimum Gasteiger partial charge on any atom is -0.307 e. The minimum atomic E-state index is 0.828. The summed E-state index contributed by atoms with van der Waals surface area (Å²) >= 11 is 0. The Bertz CT molecular complexity index is 3370. The molecule has 12 rings (SSSR count). The van der Waals surface area contributed by atoms with Crippen LogP contribution in [-0.4, -0.2) is 18.9 Å². The lowest BCUT2D eigenvalue weighted by Crippen LogP contribution is -2.04.